The van der Waals surface area contributed by atoms with Crippen LogP contribution in [0.1, 0.15) is 16.1 Å². The van der Waals surface area contributed by atoms with Crippen molar-refractivity contribution in [2.24, 2.45) is 0 Å². The number of hydrogen-bond donors (Lipinski definition) is 1. The van der Waals surface area contributed by atoms with Crippen molar-refractivity contribution >= 4 is 46.3 Å². The molecule has 0 saturated carbocycles. The van der Waals surface area contributed by atoms with Gasteiger partial charge in [0.1, 0.15) is 0 Å². The highest BCUT2D eigenvalue weighted by Gasteiger charge is 2.12. The minimum Gasteiger partial charge on any atom is -0.465 e. The summed E-state index contributed by atoms with van der Waals surface area (Å²) in [6.07, 6.45) is 0. The van der Waals surface area contributed by atoms with E-state index in [0.717, 1.165) is 54.3 Å². The van der Waals surface area contributed by atoms with Crippen molar-refractivity contribution in [2.45, 2.75) is 6.92 Å². The number of anilines is 3. The number of morpholine rings is 1. The smallest absolute Gasteiger partial charge is 0.337 e. The Morgan fingerprint density at radius 1 is 1.10 bits per heavy atom. The van der Waals surface area contributed by atoms with Crippen LogP contribution in [0.2, 0.25) is 0 Å². The first kappa shape index (κ1) is 20.9. The molecule has 152 valence electrons. The first-order valence-electron chi connectivity index (χ1n) is 9.33. The van der Waals surface area contributed by atoms with Crippen molar-refractivity contribution in [3.05, 3.63) is 59.8 Å². The summed E-state index contributed by atoms with van der Waals surface area (Å²) in [5, 5.41) is 4.35. The van der Waals surface area contributed by atoms with Gasteiger partial charge in [-0.25, -0.2) is 4.79 Å². The predicted octanol–water partition coefficient (Wildman–Crippen LogP) is 4.33. The van der Waals surface area contributed by atoms with Crippen LogP contribution in [-0.2, 0) is 9.47 Å². The Balaban J connectivity index is 0.00000240. The van der Waals surface area contributed by atoms with Crippen molar-refractivity contribution in [2.75, 3.05) is 43.6 Å². The number of benzene rings is 2. The third kappa shape index (κ3) is 4.60. The van der Waals surface area contributed by atoms with Gasteiger partial charge < -0.3 is 19.7 Å². The molecule has 0 aliphatic carbocycles. The molecule has 0 spiro atoms. The highest BCUT2D eigenvalue weighted by atomic mass is 35.5. The van der Waals surface area contributed by atoms with E-state index < -0.39 is 0 Å². The molecule has 0 unspecified atom stereocenters. The van der Waals surface area contributed by atoms with Gasteiger partial charge in [-0.1, -0.05) is 0 Å². The minimum absolute atomic E-state index is 0. The SMILES string of the molecule is COC(=O)c1ccc2nc(C)cc(Nc3ccc(N4CCOCC4)cc3)c2c1.Cl. The molecule has 3 aromatic rings. The zero-order valence-corrected chi connectivity index (χ0v) is 17.3. The summed E-state index contributed by atoms with van der Waals surface area (Å²) in [5.74, 6) is -0.358. The molecule has 0 bridgehead atoms. The highest BCUT2D eigenvalue weighted by molar-refractivity contribution is 5.99. The number of carbonyl (C=O) groups excluding carboxylic acids is 1. The molecule has 0 amide bonds. The predicted molar refractivity (Wildman–Crippen MR) is 118 cm³/mol. The van der Waals surface area contributed by atoms with Gasteiger partial charge in [0.15, 0.2) is 0 Å². The van der Waals surface area contributed by atoms with E-state index in [0.29, 0.717) is 5.56 Å². The number of aryl methyl sites for hydroxylation is 1. The van der Waals surface area contributed by atoms with E-state index in [1.165, 1.54) is 12.8 Å². The number of halogens is 1. The van der Waals surface area contributed by atoms with Gasteiger partial charge in [0, 0.05) is 41.2 Å². The van der Waals surface area contributed by atoms with Gasteiger partial charge in [-0.15, -0.1) is 12.4 Å². The molecule has 2 aromatic carbocycles. The van der Waals surface area contributed by atoms with Crippen LogP contribution in [0.4, 0.5) is 17.1 Å². The number of pyridine rings is 1. The van der Waals surface area contributed by atoms with Crippen molar-refractivity contribution in [3.8, 4) is 0 Å². The van der Waals surface area contributed by atoms with Crippen LogP contribution < -0.4 is 10.2 Å². The molecule has 29 heavy (non-hydrogen) atoms. The fraction of sp³-hybridized carbons (Fsp3) is 0.273. The molecule has 1 saturated heterocycles. The van der Waals surface area contributed by atoms with Crippen molar-refractivity contribution in [1.82, 2.24) is 4.98 Å². The molecule has 6 nitrogen and oxygen atoms in total. The Kier molecular flexibility index (Phi) is 6.56. The summed E-state index contributed by atoms with van der Waals surface area (Å²) < 4.78 is 10.3. The molecule has 2 heterocycles. The molecule has 4 rings (SSSR count). The fourth-order valence-corrected chi connectivity index (χ4v) is 3.44. The quantitative estimate of drug-likeness (QED) is 0.642. The fourth-order valence-electron chi connectivity index (χ4n) is 3.44. The molecule has 1 aliphatic rings. The normalized spacial score (nSPS) is 13.7. The van der Waals surface area contributed by atoms with Gasteiger partial charge in [0.05, 0.1) is 31.4 Å². The van der Waals surface area contributed by atoms with Crippen molar-refractivity contribution in [1.29, 1.82) is 0 Å². The monoisotopic (exact) mass is 413 g/mol. The molecule has 1 fully saturated rings. The maximum atomic E-state index is 11.9. The number of aromatic nitrogens is 1. The highest BCUT2D eigenvalue weighted by Crippen LogP contribution is 2.29. The van der Waals surface area contributed by atoms with E-state index in [9.17, 15) is 4.79 Å². The molecule has 7 heteroatoms. The lowest BCUT2D eigenvalue weighted by Crippen LogP contribution is -2.36. The second-order valence-corrected chi connectivity index (χ2v) is 6.81. The van der Waals surface area contributed by atoms with E-state index in [4.69, 9.17) is 9.47 Å². The second-order valence-electron chi connectivity index (χ2n) is 6.81. The number of ether oxygens (including phenoxy) is 2. The minimum atomic E-state index is -0.358. The lowest BCUT2D eigenvalue weighted by molar-refractivity contribution is 0.0601. The van der Waals surface area contributed by atoms with E-state index in [1.807, 2.05) is 25.1 Å². The van der Waals surface area contributed by atoms with Gasteiger partial charge >= 0.3 is 5.97 Å². The van der Waals surface area contributed by atoms with Gasteiger partial charge in [-0.05, 0) is 55.5 Å². The first-order valence-corrected chi connectivity index (χ1v) is 9.33. The molecule has 0 radical (unpaired) electrons. The molecule has 0 atom stereocenters. The number of hydrogen-bond acceptors (Lipinski definition) is 6. The van der Waals surface area contributed by atoms with E-state index in [2.05, 4.69) is 39.5 Å². The van der Waals surface area contributed by atoms with Crippen LogP contribution in [0.3, 0.4) is 0 Å². The summed E-state index contributed by atoms with van der Waals surface area (Å²) >= 11 is 0. The molecule has 1 aromatic heterocycles. The summed E-state index contributed by atoms with van der Waals surface area (Å²) in [7, 11) is 1.38. The van der Waals surface area contributed by atoms with Gasteiger partial charge in [0.2, 0.25) is 0 Å². The lowest BCUT2D eigenvalue weighted by Gasteiger charge is -2.29. The maximum absolute atomic E-state index is 11.9. The average Bonchev–Trinajstić information content (AvgIpc) is 2.74. The number of rotatable bonds is 4. The second kappa shape index (κ2) is 9.11. The van der Waals surface area contributed by atoms with Crippen molar-refractivity contribution < 1.29 is 14.3 Å². The third-order valence-corrected chi connectivity index (χ3v) is 4.88. The van der Waals surface area contributed by atoms with E-state index >= 15 is 0 Å². The lowest BCUT2D eigenvalue weighted by atomic mass is 10.1. The van der Waals surface area contributed by atoms with Crippen LogP contribution in [0.25, 0.3) is 10.9 Å². The van der Waals surface area contributed by atoms with E-state index in [-0.39, 0.29) is 18.4 Å². The average molecular weight is 414 g/mol. The Morgan fingerprint density at radius 2 is 1.83 bits per heavy atom. The largest absolute Gasteiger partial charge is 0.465 e. The van der Waals surface area contributed by atoms with Crippen LogP contribution in [0.15, 0.2) is 48.5 Å². The number of fused-ring (bicyclic) bond motifs is 1. The van der Waals surface area contributed by atoms with Crippen LogP contribution in [0.5, 0.6) is 0 Å². The van der Waals surface area contributed by atoms with E-state index in [1.54, 1.807) is 6.07 Å². The maximum Gasteiger partial charge on any atom is 0.337 e. The Hall–Kier alpha value is -2.83. The van der Waals surface area contributed by atoms with Crippen LogP contribution in [0, 0.1) is 6.92 Å². The number of nitrogens with zero attached hydrogens (tertiary/aromatic N) is 2. The Labute approximate surface area is 176 Å². The number of carbonyl (C=O) groups is 1. The van der Waals surface area contributed by atoms with Gasteiger partial charge in [-0.2, -0.15) is 0 Å². The first-order chi connectivity index (χ1) is 13.6. The molecular formula is C22H24ClN3O3. The number of methoxy groups -OCH3 is 1. The third-order valence-electron chi connectivity index (χ3n) is 4.88. The number of esters is 1. The molecule has 1 N–H and O–H groups in total. The van der Waals surface area contributed by atoms with Crippen molar-refractivity contribution in [3.63, 3.8) is 0 Å². The Morgan fingerprint density at radius 3 is 2.52 bits per heavy atom. The Bertz CT molecular complexity index is 1000. The summed E-state index contributed by atoms with van der Waals surface area (Å²) in [6.45, 7) is 5.32. The van der Waals surface area contributed by atoms with Crippen LogP contribution in [-0.4, -0.2) is 44.4 Å². The summed E-state index contributed by atoms with van der Waals surface area (Å²) in [5.41, 5.74) is 5.33. The standard InChI is InChI=1S/C22H23N3O3.ClH/c1-15-13-21(19-14-16(22(26)27-2)3-8-20(19)23-15)24-17-4-6-18(7-5-17)25-9-11-28-12-10-25;/h3-8,13-14H,9-12H2,1-2H3,(H,23,24);1H. The van der Waals surface area contributed by atoms with Gasteiger partial charge in [0.25, 0.3) is 0 Å². The summed E-state index contributed by atoms with van der Waals surface area (Å²) in [4.78, 5) is 18.8. The summed E-state index contributed by atoms with van der Waals surface area (Å²) in [6, 6.07) is 15.8. The zero-order valence-electron chi connectivity index (χ0n) is 16.5. The molecule has 1 aliphatic heterocycles. The molecular weight excluding hydrogens is 390 g/mol. The zero-order chi connectivity index (χ0) is 19.5. The van der Waals surface area contributed by atoms with Gasteiger partial charge in [-0.3, -0.25) is 4.98 Å². The van der Waals surface area contributed by atoms with Crippen LogP contribution >= 0.6 is 12.4 Å². The topological polar surface area (TPSA) is 63.7 Å². The number of nitrogens with one attached hydrogen (secondary N) is 1.